The summed E-state index contributed by atoms with van der Waals surface area (Å²) in [5.74, 6) is -0.0682. The molecule has 0 atom stereocenters. The molecule has 0 bridgehead atoms. The molecule has 0 radical (unpaired) electrons. The molecular formula is C32H36FN5O4. The predicted octanol–water partition coefficient (Wildman–Crippen LogP) is 3.41. The van der Waals surface area contributed by atoms with E-state index in [0.717, 1.165) is 24.3 Å². The molecule has 3 aromatic carbocycles. The summed E-state index contributed by atoms with van der Waals surface area (Å²) in [6, 6.07) is 18.4. The third-order valence-corrected chi connectivity index (χ3v) is 7.66. The molecule has 2 fully saturated rings. The molecule has 3 aromatic rings. The molecule has 2 saturated heterocycles. The number of nitrogens with one attached hydrogen (secondary N) is 2. The first-order chi connectivity index (χ1) is 20.4. The van der Waals surface area contributed by atoms with Gasteiger partial charge in [0, 0.05) is 63.5 Å². The Morgan fingerprint density at radius 2 is 1.48 bits per heavy atom. The van der Waals surface area contributed by atoms with Gasteiger partial charge in [0.15, 0.2) is 0 Å². The molecule has 2 aliphatic heterocycles. The van der Waals surface area contributed by atoms with Gasteiger partial charge in [-0.05, 0) is 66.6 Å². The molecule has 0 spiro atoms. The second-order valence-electron chi connectivity index (χ2n) is 10.5. The van der Waals surface area contributed by atoms with Crippen LogP contribution >= 0.6 is 0 Å². The van der Waals surface area contributed by atoms with Crippen LogP contribution in [0.1, 0.15) is 32.7 Å². The van der Waals surface area contributed by atoms with E-state index < -0.39 is 0 Å². The first kappa shape index (κ1) is 29.1. The van der Waals surface area contributed by atoms with E-state index in [1.54, 1.807) is 18.1 Å². The van der Waals surface area contributed by atoms with Gasteiger partial charge in [-0.25, -0.2) is 4.39 Å². The number of ether oxygens (including phenoxy) is 1. The lowest BCUT2D eigenvalue weighted by Gasteiger charge is -2.29. The number of nitrogens with zero attached hydrogens (tertiary/aromatic N) is 3. The van der Waals surface area contributed by atoms with Crippen molar-refractivity contribution in [2.45, 2.75) is 12.8 Å². The average Bonchev–Trinajstić information content (AvgIpc) is 3.28. The number of halogens is 1. The summed E-state index contributed by atoms with van der Waals surface area (Å²) < 4.78 is 18.6. The molecule has 3 amide bonds. The van der Waals surface area contributed by atoms with Crippen molar-refractivity contribution in [3.8, 4) is 5.75 Å². The highest BCUT2D eigenvalue weighted by Crippen LogP contribution is 2.30. The van der Waals surface area contributed by atoms with Gasteiger partial charge in [0.05, 0.1) is 24.9 Å². The summed E-state index contributed by atoms with van der Waals surface area (Å²) in [5.41, 5.74) is 3.17. The van der Waals surface area contributed by atoms with E-state index in [9.17, 15) is 18.8 Å². The van der Waals surface area contributed by atoms with Gasteiger partial charge in [-0.1, -0.05) is 12.1 Å². The number of hydrogen-bond acceptors (Lipinski definition) is 6. The Bertz CT molecular complexity index is 1410. The van der Waals surface area contributed by atoms with Crippen LogP contribution in [-0.2, 0) is 11.2 Å². The summed E-state index contributed by atoms with van der Waals surface area (Å²) in [4.78, 5) is 45.3. The van der Waals surface area contributed by atoms with Crippen LogP contribution in [-0.4, -0.2) is 87.0 Å². The maximum Gasteiger partial charge on any atom is 0.254 e. The summed E-state index contributed by atoms with van der Waals surface area (Å²) in [6.07, 6.45) is 0.882. The Labute approximate surface area is 245 Å². The maximum atomic E-state index is 13.4. The van der Waals surface area contributed by atoms with Gasteiger partial charge in [0.2, 0.25) is 5.91 Å². The number of methoxy groups -OCH3 is 1. The number of anilines is 2. The third kappa shape index (κ3) is 7.06. The number of rotatable bonds is 7. The van der Waals surface area contributed by atoms with E-state index in [1.165, 1.54) is 24.3 Å². The van der Waals surface area contributed by atoms with Crippen LogP contribution in [0, 0.1) is 5.82 Å². The lowest BCUT2D eigenvalue weighted by atomic mass is 10.1. The fourth-order valence-electron chi connectivity index (χ4n) is 5.36. The maximum absolute atomic E-state index is 13.4. The van der Waals surface area contributed by atoms with Crippen LogP contribution in [0.4, 0.5) is 15.8 Å². The van der Waals surface area contributed by atoms with Crippen molar-refractivity contribution >= 4 is 29.1 Å². The van der Waals surface area contributed by atoms with E-state index in [4.69, 9.17) is 4.74 Å². The molecule has 0 unspecified atom stereocenters. The number of piperazine rings is 1. The monoisotopic (exact) mass is 573 g/mol. The van der Waals surface area contributed by atoms with Gasteiger partial charge in [0.1, 0.15) is 11.6 Å². The van der Waals surface area contributed by atoms with E-state index in [-0.39, 0.29) is 30.0 Å². The minimum absolute atomic E-state index is 0.0689. The number of hydrogen-bond donors (Lipinski definition) is 2. The van der Waals surface area contributed by atoms with Crippen LogP contribution < -0.4 is 20.3 Å². The first-order valence-corrected chi connectivity index (χ1v) is 14.3. The molecule has 2 N–H and O–H groups in total. The van der Waals surface area contributed by atoms with Crippen LogP contribution in [0.5, 0.6) is 5.75 Å². The molecule has 0 aliphatic carbocycles. The van der Waals surface area contributed by atoms with Crippen LogP contribution in [0.25, 0.3) is 0 Å². The van der Waals surface area contributed by atoms with Gasteiger partial charge in [-0.2, -0.15) is 0 Å². The number of carbonyl (C=O) groups excluding carboxylic acids is 3. The normalized spacial score (nSPS) is 15.6. The Hall–Kier alpha value is -4.44. The summed E-state index contributed by atoms with van der Waals surface area (Å²) >= 11 is 0. The Morgan fingerprint density at radius 1 is 0.810 bits per heavy atom. The molecule has 2 aliphatic rings. The van der Waals surface area contributed by atoms with Gasteiger partial charge >= 0.3 is 0 Å². The molecule has 0 aromatic heterocycles. The molecule has 10 heteroatoms. The van der Waals surface area contributed by atoms with E-state index in [2.05, 4.69) is 15.5 Å². The molecule has 220 valence electrons. The Balaban J connectivity index is 1.35. The van der Waals surface area contributed by atoms with Crippen molar-refractivity contribution < 1.29 is 23.5 Å². The third-order valence-electron chi connectivity index (χ3n) is 7.66. The minimum atomic E-state index is -0.381. The van der Waals surface area contributed by atoms with Crippen molar-refractivity contribution in [1.82, 2.24) is 15.1 Å². The lowest BCUT2D eigenvalue weighted by Crippen LogP contribution is -2.46. The van der Waals surface area contributed by atoms with Gasteiger partial charge in [-0.3, -0.25) is 14.4 Å². The largest absolute Gasteiger partial charge is 0.497 e. The average molecular weight is 574 g/mol. The summed E-state index contributed by atoms with van der Waals surface area (Å²) in [7, 11) is 1.60. The summed E-state index contributed by atoms with van der Waals surface area (Å²) in [5, 5.41) is 6.32. The fraction of sp³-hybridized carbons (Fsp3) is 0.344. The summed E-state index contributed by atoms with van der Waals surface area (Å²) in [6.45, 7) is 4.99. The number of amides is 3. The van der Waals surface area contributed by atoms with Crippen molar-refractivity contribution in [3.05, 3.63) is 89.2 Å². The topological polar surface area (TPSA) is 94.2 Å². The lowest BCUT2D eigenvalue weighted by molar-refractivity contribution is -0.115. The van der Waals surface area contributed by atoms with E-state index in [0.29, 0.717) is 68.3 Å². The van der Waals surface area contributed by atoms with Crippen LogP contribution in [0.3, 0.4) is 0 Å². The van der Waals surface area contributed by atoms with E-state index in [1.807, 2.05) is 41.3 Å². The van der Waals surface area contributed by atoms with Crippen molar-refractivity contribution in [3.63, 3.8) is 0 Å². The smallest absolute Gasteiger partial charge is 0.254 e. The highest BCUT2D eigenvalue weighted by Gasteiger charge is 2.24. The highest BCUT2D eigenvalue weighted by molar-refractivity contribution is 6.00. The fourth-order valence-corrected chi connectivity index (χ4v) is 5.36. The molecule has 0 saturated carbocycles. The zero-order valence-corrected chi connectivity index (χ0v) is 23.8. The quantitative estimate of drug-likeness (QED) is 0.450. The van der Waals surface area contributed by atoms with Crippen molar-refractivity contribution in [2.24, 2.45) is 0 Å². The molecule has 2 heterocycles. The SMILES string of the molecule is COc1ccc(CC(=O)Nc2cc(C(=O)N3CCNCC3)ccc2N2CCCN(C(=O)c3ccc(F)cc3)CC2)cc1. The molecular weight excluding hydrogens is 537 g/mol. The van der Waals surface area contributed by atoms with Crippen molar-refractivity contribution in [2.75, 3.05) is 69.7 Å². The van der Waals surface area contributed by atoms with Crippen LogP contribution in [0.15, 0.2) is 66.7 Å². The molecule has 5 rings (SSSR count). The zero-order chi connectivity index (χ0) is 29.5. The molecule has 9 nitrogen and oxygen atoms in total. The second kappa shape index (κ2) is 13.5. The molecule has 42 heavy (non-hydrogen) atoms. The van der Waals surface area contributed by atoms with E-state index >= 15 is 0 Å². The van der Waals surface area contributed by atoms with Gasteiger partial charge in [0.25, 0.3) is 11.8 Å². The van der Waals surface area contributed by atoms with Gasteiger partial charge in [-0.15, -0.1) is 0 Å². The number of carbonyl (C=O) groups is 3. The predicted molar refractivity (Wildman–Crippen MR) is 160 cm³/mol. The first-order valence-electron chi connectivity index (χ1n) is 14.3. The van der Waals surface area contributed by atoms with Gasteiger partial charge < -0.3 is 30.1 Å². The Kier molecular flexibility index (Phi) is 9.33. The Morgan fingerprint density at radius 3 is 2.19 bits per heavy atom. The second-order valence-corrected chi connectivity index (χ2v) is 10.5. The number of benzene rings is 3. The zero-order valence-electron chi connectivity index (χ0n) is 23.8. The van der Waals surface area contributed by atoms with Crippen LogP contribution in [0.2, 0.25) is 0 Å². The highest BCUT2D eigenvalue weighted by atomic mass is 19.1. The standard InChI is InChI=1S/C32H36FN5O4/c1-42-27-10-3-23(4-11-27)21-30(39)35-28-22-25(32(41)38-17-13-34-14-18-38)7-12-29(28)36-15-2-16-37(20-19-36)31(40)24-5-8-26(33)9-6-24/h3-12,22,34H,2,13-21H2,1H3,(H,35,39). The minimum Gasteiger partial charge on any atom is -0.497 e. The van der Waals surface area contributed by atoms with Crippen molar-refractivity contribution in [1.29, 1.82) is 0 Å².